The Kier molecular flexibility index (Phi) is 5.57. The van der Waals surface area contributed by atoms with Gasteiger partial charge in [-0.3, -0.25) is 4.79 Å². The topological polar surface area (TPSA) is 46.1 Å². The van der Waals surface area contributed by atoms with Gasteiger partial charge in [-0.1, -0.05) is 48.2 Å². The van der Waals surface area contributed by atoms with Crippen molar-refractivity contribution in [2.45, 2.75) is 31.8 Å². The standard InChI is InChI=1S/C21H23N3OS/c1-14-17(15(2)23-21(22-14)26-4)12-13-20(25)24(3)19-11-7-9-16-8-5-6-10-18(16)19/h5-11H,12-13H2,1-4H3. The van der Waals surface area contributed by atoms with E-state index in [1.165, 1.54) is 11.8 Å². The van der Waals surface area contributed by atoms with Crippen molar-refractivity contribution in [3.63, 3.8) is 0 Å². The Balaban J connectivity index is 1.78. The van der Waals surface area contributed by atoms with Gasteiger partial charge in [-0.15, -0.1) is 0 Å². The molecule has 0 unspecified atom stereocenters. The number of nitrogens with zero attached hydrogens (tertiary/aromatic N) is 3. The van der Waals surface area contributed by atoms with Crippen molar-refractivity contribution in [2.24, 2.45) is 0 Å². The summed E-state index contributed by atoms with van der Waals surface area (Å²) in [5, 5.41) is 3.01. The van der Waals surface area contributed by atoms with Crippen molar-refractivity contribution in [3.8, 4) is 0 Å². The molecule has 0 spiro atoms. The van der Waals surface area contributed by atoms with Crippen LogP contribution in [0.4, 0.5) is 5.69 Å². The number of hydrogen-bond acceptors (Lipinski definition) is 4. The van der Waals surface area contributed by atoms with Gasteiger partial charge in [-0.2, -0.15) is 0 Å². The van der Waals surface area contributed by atoms with E-state index in [0.29, 0.717) is 12.8 Å². The normalized spacial score (nSPS) is 10.9. The minimum atomic E-state index is 0.0918. The Morgan fingerprint density at radius 1 is 1.04 bits per heavy atom. The summed E-state index contributed by atoms with van der Waals surface area (Å²) in [4.78, 5) is 23.5. The van der Waals surface area contributed by atoms with Crippen molar-refractivity contribution in [2.75, 3.05) is 18.2 Å². The SMILES string of the molecule is CSc1nc(C)c(CCC(=O)N(C)c2cccc3ccccc23)c(C)n1. The van der Waals surface area contributed by atoms with Crippen LogP contribution in [-0.4, -0.2) is 29.2 Å². The van der Waals surface area contributed by atoms with Gasteiger partial charge in [0, 0.05) is 30.2 Å². The first-order valence-corrected chi connectivity index (χ1v) is 9.86. The molecular weight excluding hydrogens is 342 g/mol. The molecule has 0 saturated heterocycles. The zero-order valence-corrected chi connectivity index (χ0v) is 16.4. The lowest BCUT2D eigenvalue weighted by atomic mass is 10.1. The van der Waals surface area contributed by atoms with Crippen molar-refractivity contribution in [1.29, 1.82) is 0 Å². The van der Waals surface area contributed by atoms with E-state index in [1.54, 1.807) is 4.90 Å². The summed E-state index contributed by atoms with van der Waals surface area (Å²) in [6.07, 6.45) is 3.06. The largest absolute Gasteiger partial charge is 0.315 e. The molecule has 1 aromatic heterocycles. The second kappa shape index (κ2) is 7.87. The number of hydrogen-bond donors (Lipinski definition) is 0. The lowest BCUT2D eigenvalue weighted by molar-refractivity contribution is -0.118. The molecule has 0 aliphatic heterocycles. The van der Waals surface area contributed by atoms with Gasteiger partial charge in [0.25, 0.3) is 0 Å². The summed E-state index contributed by atoms with van der Waals surface area (Å²) in [5.74, 6) is 0.0918. The lowest BCUT2D eigenvalue weighted by Gasteiger charge is -2.20. The Labute approximate surface area is 158 Å². The molecule has 2 aromatic carbocycles. The number of thioether (sulfide) groups is 1. The van der Waals surface area contributed by atoms with Gasteiger partial charge in [0.1, 0.15) is 0 Å². The first kappa shape index (κ1) is 18.4. The van der Waals surface area contributed by atoms with Crippen LogP contribution in [0, 0.1) is 13.8 Å². The first-order valence-electron chi connectivity index (χ1n) is 8.63. The van der Waals surface area contributed by atoms with Crippen LogP contribution in [0.25, 0.3) is 10.8 Å². The molecule has 0 saturated carbocycles. The van der Waals surface area contributed by atoms with Crippen LogP contribution >= 0.6 is 11.8 Å². The predicted molar refractivity (Wildman–Crippen MR) is 109 cm³/mol. The van der Waals surface area contributed by atoms with Crippen LogP contribution in [0.5, 0.6) is 0 Å². The third kappa shape index (κ3) is 3.73. The number of anilines is 1. The van der Waals surface area contributed by atoms with Crippen LogP contribution in [0.15, 0.2) is 47.6 Å². The molecule has 1 amide bonds. The van der Waals surface area contributed by atoms with E-state index in [4.69, 9.17) is 0 Å². The molecule has 134 valence electrons. The van der Waals surface area contributed by atoms with Crippen molar-refractivity contribution in [1.82, 2.24) is 9.97 Å². The molecular formula is C21H23N3OS. The highest BCUT2D eigenvalue weighted by Gasteiger charge is 2.16. The Bertz CT molecular complexity index is 927. The zero-order chi connectivity index (χ0) is 18.7. The monoisotopic (exact) mass is 365 g/mol. The van der Waals surface area contributed by atoms with Gasteiger partial charge in [0.15, 0.2) is 5.16 Å². The van der Waals surface area contributed by atoms with E-state index in [0.717, 1.165) is 38.6 Å². The fourth-order valence-corrected chi connectivity index (χ4v) is 3.65. The van der Waals surface area contributed by atoms with Crippen molar-refractivity contribution in [3.05, 3.63) is 59.4 Å². The fourth-order valence-electron chi connectivity index (χ4n) is 3.20. The van der Waals surface area contributed by atoms with Crippen LogP contribution in [0.2, 0.25) is 0 Å². The van der Waals surface area contributed by atoms with E-state index >= 15 is 0 Å². The maximum atomic E-state index is 12.8. The molecule has 0 fully saturated rings. The number of aryl methyl sites for hydroxylation is 2. The molecule has 0 bridgehead atoms. The number of fused-ring (bicyclic) bond motifs is 1. The van der Waals surface area contributed by atoms with Gasteiger partial charge < -0.3 is 4.90 Å². The molecule has 0 atom stereocenters. The molecule has 1 heterocycles. The highest BCUT2D eigenvalue weighted by atomic mass is 32.2. The molecule has 0 N–H and O–H groups in total. The molecule has 3 rings (SSSR count). The summed E-state index contributed by atoms with van der Waals surface area (Å²) < 4.78 is 0. The molecule has 0 aliphatic rings. The third-order valence-corrected chi connectivity index (χ3v) is 5.22. The van der Waals surface area contributed by atoms with E-state index < -0.39 is 0 Å². The minimum absolute atomic E-state index is 0.0918. The zero-order valence-electron chi connectivity index (χ0n) is 15.6. The highest BCUT2D eigenvalue weighted by molar-refractivity contribution is 7.98. The first-order chi connectivity index (χ1) is 12.5. The number of carbonyl (C=O) groups excluding carboxylic acids is 1. The molecule has 26 heavy (non-hydrogen) atoms. The average Bonchev–Trinajstić information content (AvgIpc) is 2.65. The van der Waals surface area contributed by atoms with Crippen LogP contribution in [0.3, 0.4) is 0 Å². The number of carbonyl (C=O) groups is 1. The van der Waals surface area contributed by atoms with E-state index in [9.17, 15) is 4.79 Å². The van der Waals surface area contributed by atoms with Gasteiger partial charge >= 0.3 is 0 Å². The minimum Gasteiger partial charge on any atom is -0.315 e. The Hall–Kier alpha value is -2.40. The van der Waals surface area contributed by atoms with Crippen LogP contribution in [0.1, 0.15) is 23.4 Å². The van der Waals surface area contributed by atoms with Crippen LogP contribution in [-0.2, 0) is 11.2 Å². The quantitative estimate of drug-likeness (QED) is 0.491. The van der Waals surface area contributed by atoms with E-state index in [1.807, 2.05) is 51.4 Å². The number of amides is 1. The molecule has 3 aromatic rings. The summed E-state index contributed by atoms with van der Waals surface area (Å²) >= 11 is 1.54. The summed E-state index contributed by atoms with van der Waals surface area (Å²) in [7, 11) is 1.84. The average molecular weight is 366 g/mol. The summed E-state index contributed by atoms with van der Waals surface area (Å²) in [5.41, 5.74) is 3.93. The fraction of sp³-hybridized carbons (Fsp3) is 0.286. The van der Waals surface area contributed by atoms with Gasteiger partial charge in [0.2, 0.25) is 5.91 Å². The Morgan fingerprint density at radius 3 is 2.38 bits per heavy atom. The maximum absolute atomic E-state index is 12.8. The molecule has 0 radical (unpaired) electrons. The van der Waals surface area contributed by atoms with Crippen molar-refractivity contribution < 1.29 is 4.79 Å². The smallest absolute Gasteiger partial charge is 0.227 e. The number of rotatable bonds is 5. The van der Waals surface area contributed by atoms with E-state index in [2.05, 4.69) is 28.2 Å². The summed E-state index contributed by atoms with van der Waals surface area (Å²) in [6.45, 7) is 3.98. The predicted octanol–water partition coefficient (Wildman–Crippen LogP) is 4.56. The van der Waals surface area contributed by atoms with Crippen molar-refractivity contribution >= 4 is 34.1 Å². The molecule has 5 heteroatoms. The molecule has 4 nitrogen and oxygen atoms in total. The second-order valence-electron chi connectivity index (χ2n) is 6.31. The van der Waals surface area contributed by atoms with Gasteiger partial charge in [-0.25, -0.2) is 9.97 Å². The van der Waals surface area contributed by atoms with Crippen LogP contribution < -0.4 is 4.90 Å². The van der Waals surface area contributed by atoms with Gasteiger partial charge in [-0.05, 0) is 43.5 Å². The number of aromatic nitrogens is 2. The Morgan fingerprint density at radius 2 is 1.69 bits per heavy atom. The maximum Gasteiger partial charge on any atom is 0.227 e. The second-order valence-corrected chi connectivity index (χ2v) is 7.08. The molecule has 0 aliphatic carbocycles. The highest BCUT2D eigenvalue weighted by Crippen LogP contribution is 2.26. The van der Waals surface area contributed by atoms with Gasteiger partial charge in [0.05, 0.1) is 5.69 Å². The van der Waals surface area contributed by atoms with E-state index in [-0.39, 0.29) is 5.91 Å². The lowest BCUT2D eigenvalue weighted by Crippen LogP contribution is -2.26. The number of benzene rings is 2. The third-order valence-electron chi connectivity index (χ3n) is 4.67. The summed E-state index contributed by atoms with van der Waals surface area (Å²) in [6, 6.07) is 14.2.